The number of rotatable bonds is 13. The van der Waals surface area contributed by atoms with Gasteiger partial charge < -0.3 is 15.5 Å². The highest BCUT2D eigenvalue weighted by Crippen LogP contribution is 2.16. The summed E-state index contributed by atoms with van der Waals surface area (Å²) in [5.41, 5.74) is 0.529. The third-order valence-electron chi connectivity index (χ3n) is 4.04. The number of nitrogens with one attached hydrogen (secondary N) is 1. The molecule has 0 saturated carbocycles. The first-order chi connectivity index (χ1) is 11.5. The molecule has 0 fully saturated rings. The second kappa shape index (κ2) is 11.5. The van der Waals surface area contributed by atoms with Crippen LogP contribution < -0.4 is 5.32 Å². The number of carboxylic acid groups (broad SMARTS) is 2. The fourth-order valence-corrected chi connectivity index (χ4v) is 2.64. The largest absolute Gasteiger partial charge is 0.478 e. The van der Waals surface area contributed by atoms with E-state index in [1.54, 1.807) is 0 Å². The van der Waals surface area contributed by atoms with Gasteiger partial charge in [-0.1, -0.05) is 58.3 Å². The number of hydrogen-bond acceptors (Lipinski definition) is 3. The lowest BCUT2D eigenvalue weighted by atomic mass is 10.1. The Balaban J connectivity index is 2.27. The number of aromatic carboxylic acids is 2. The number of carboxylic acids is 2. The molecule has 1 rings (SSSR count). The van der Waals surface area contributed by atoms with E-state index in [4.69, 9.17) is 10.2 Å². The summed E-state index contributed by atoms with van der Waals surface area (Å²) in [7, 11) is 0. The molecule has 24 heavy (non-hydrogen) atoms. The van der Waals surface area contributed by atoms with Crippen LogP contribution in [0, 0.1) is 0 Å². The summed E-state index contributed by atoms with van der Waals surface area (Å²) in [5.74, 6) is -2.24. The molecular weight excluding hydrogens is 306 g/mol. The Kier molecular flexibility index (Phi) is 9.58. The first kappa shape index (κ1) is 20.0. The zero-order valence-corrected chi connectivity index (χ0v) is 14.5. The molecule has 0 unspecified atom stereocenters. The molecule has 3 N–H and O–H groups in total. The average Bonchev–Trinajstić information content (AvgIpc) is 2.56. The first-order valence-electron chi connectivity index (χ1n) is 8.90. The van der Waals surface area contributed by atoms with Crippen molar-refractivity contribution in [1.29, 1.82) is 0 Å². The number of anilines is 1. The maximum absolute atomic E-state index is 11.0. The normalized spacial score (nSPS) is 10.5. The number of unbranched alkanes of at least 4 members (excludes halogenated alkanes) is 8. The van der Waals surface area contributed by atoms with Crippen LogP contribution in [-0.4, -0.2) is 28.7 Å². The summed E-state index contributed by atoms with van der Waals surface area (Å²) in [6.45, 7) is 2.94. The van der Waals surface area contributed by atoms with Gasteiger partial charge >= 0.3 is 11.9 Å². The minimum atomic E-state index is -1.12. The highest BCUT2D eigenvalue weighted by atomic mass is 16.4. The Morgan fingerprint density at radius 2 is 1.25 bits per heavy atom. The molecule has 0 atom stereocenters. The van der Waals surface area contributed by atoms with Crippen molar-refractivity contribution in [3.05, 3.63) is 29.3 Å². The number of benzene rings is 1. The average molecular weight is 335 g/mol. The van der Waals surface area contributed by atoms with Gasteiger partial charge in [0.15, 0.2) is 0 Å². The van der Waals surface area contributed by atoms with E-state index in [1.807, 2.05) is 0 Å². The highest BCUT2D eigenvalue weighted by Gasteiger charge is 2.11. The monoisotopic (exact) mass is 335 g/mol. The molecule has 0 saturated heterocycles. The van der Waals surface area contributed by atoms with E-state index < -0.39 is 11.9 Å². The third-order valence-corrected chi connectivity index (χ3v) is 4.04. The topological polar surface area (TPSA) is 86.6 Å². The van der Waals surface area contributed by atoms with Crippen molar-refractivity contribution in [2.75, 3.05) is 11.9 Å². The zero-order valence-electron chi connectivity index (χ0n) is 14.5. The van der Waals surface area contributed by atoms with Crippen molar-refractivity contribution in [2.24, 2.45) is 0 Å². The van der Waals surface area contributed by atoms with Crippen molar-refractivity contribution in [2.45, 2.75) is 64.7 Å². The summed E-state index contributed by atoms with van der Waals surface area (Å²) in [5, 5.41) is 21.2. The molecule has 0 spiro atoms. The van der Waals surface area contributed by atoms with Crippen LogP contribution in [-0.2, 0) is 0 Å². The fourth-order valence-electron chi connectivity index (χ4n) is 2.64. The van der Waals surface area contributed by atoms with Crippen LogP contribution in [0.5, 0.6) is 0 Å². The molecule has 0 aliphatic rings. The summed E-state index contributed by atoms with van der Waals surface area (Å²) >= 11 is 0. The molecular formula is C19H29NO4. The fraction of sp³-hybridized carbons (Fsp3) is 0.579. The summed E-state index contributed by atoms with van der Waals surface area (Å²) in [6.07, 6.45) is 11.2. The Bertz CT molecular complexity index is 496. The number of carbonyl (C=O) groups is 2. The molecule has 1 aromatic carbocycles. The lowest BCUT2D eigenvalue weighted by Gasteiger charge is -2.09. The van der Waals surface area contributed by atoms with Gasteiger partial charge in [0.2, 0.25) is 0 Å². The lowest BCUT2D eigenvalue weighted by Crippen LogP contribution is -2.07. The van der Waals surface area contributed by atoms with Gasteiger partial charge in [0, 0.05) is 12.2 Å². The van der Waals surface area contributed by atoms with E-state index in [0.717, 1.165) is 19.4 Å². The molecule has 5 heteroatoms. The predicted octanol–water partition coefficient (Wildman–Crippen LogP) is 5.03. The maximum Gasteiger partial charge on any atom is 0.335 e. The molecule has 0 bridgehead atoms. The van der Waals surface area contributed by atoms with Crippen molar-refractivity contribution >= 4 is 17.6 Å². The second-order valence-corrected chi connectivity index (χ2v) is 6.16. The smallest absolute Gasteiger partial charge is 0.335 e. The maximum atomic E-state index is 11.0. The van der Waals surface area contributed by atoms with E-state index in [9.17, 15) is 9.59 Å². The highest BCUT2D eigenvalue weighted by molar-refractivity contribution is 5.95. The molecule has 0 aromatic heterocycles. The van der Waals surface area contributed by atoms with Crippen LogP contribution in [0.4, 0.5) is 5.69 Å². The van der Waals surface area contributed by atoms with Gasteiger partial charge in [-0.3, -0.25) is 0 Å². The van der Waals surface area contributed by atoms with Crippen LogP contribution in [0.3, 0.4) is 0 Å². The van der Waals surface area contributed by atoms with Gasteiger partial charge in [-0.25, -0.2) is 9.59 Å². The van der Waals surface area contributed by atoms with Crippen molar-refractivity contribution in [3.8, 4) is 0 Å². The van der Waals surface area contributed by atoms with Gasteiger partial charge in [-0.2, -0.15) is 0 Å². The molecule has 0 amide bonds. The van der Waals surface area contributed by atoms with Gasteiger partial charge in [-0.15, -0.1) is 0 Å². The quantitative estimate of drug-likeness (QED) is 0.440. The molecule has 0 aliphatic carbocycles. The zero-order chi connectivity index (χ0) is 17.8. The van der Waals surface area contributed by atoms with Gasteiger partial charge in [0.25, 0.3) is 0 Å². The van der Waals surface area contributed by atoms with Crippen LogP contribution in [0.2, 0.25) is 0 Å². The third kappa shape index (κ3) is 7.99. The first-order valence-corrected chi connectivity index (χ1v) is 8.90. The number of hydrogen-bond donors (Lipinski definition) is 3. The van der Waals surface area contributed by atoms with Gasteiger partial charge in [0.1, 0.15) is 0 Å². The predicted molar refractivity (Wildman–Crippen MR) is 96.1 cm³/mol. The molecule has 134 valence electrons. The van der Waals surface area contributed by atoms with E-state index >= 15 is 0 Å². The van der Waals surface area contributed by atoms with Crippen LogP contribution >= 0.6 is 0 Å². The molecule has 0 heterocycles. The Labute approximate surface area is 144 Å². The Morgan fingerprint density at radius 3 is 1.71 bits per heavy atom. The lowest BCUT2D eigenvalue weighted by molar-refractivity contribution is 0.0696. The van der Waals surface area contributed by atoms with E-state index in [0.29, 0.717) is 5.69 Å². The van der Waals surface area contributed by atoms with Gasteiger partial charge in [0.05, 0.1) is 11.1 Å². The van der Waals surface area contributed by atoms with Crippen LogP contribution in [0.15, 0.2) is 18.2 Å². The van der Waals surface area contributed by atoms with Crippen LogP contribution in [0.1, 0.15) is 85.4 Å². The summed E-state index contributed by atoms with van der Waals surface area (Å²) in [6, 6.07) is 4.12. The standard InChI is InChI=1S/C19H29NO4/c1-2-3-4-5-6-7-8-9-10-11-20-17-13-15(18(21)22)12-16(14-17)19(23)24/h12-14,20H,2-11H2,1H3,(H,21,22)(H,23,24). The second-order valence-electron chi connectivity index (χ2n) is 6.16. The van der Waals surface area contributed by atoms with Crippen molar-refractivity contribution in [3.63, 3.8) is 0 Å². The van der Waals surface area contributed by atoms with E-state index in [1.165, 1.54) is 63.1 Å². The minimum Gasteiger partial charge on any atom is -0.478 e. The summed E-state index contributed by atoms with van der Waals surface area (Å²) in [4.78, 5) is 22.1. The SMILES string of the molecule is CCCCCCCCCCCNc1cc(C(=O)O)cc(C(=O)O)c1. The van der Waals surface area contributed by atoms with Crippen molar-refractivity contribution < 1.29 is 19.8 Å². The van der Waals surface area contributed by atoms with Crippen LogP contribution in [0.25, 0.3) is 0 Å². The van der Waals surface area contributed by atoms with E-state index in [-0.39, 0.29) is 11.1 Å². The van der Waals surface area contributed by atoms with E-state index in [2.05, 4.69) is 12.2 Å². The molecule has 0 aliphatic heterocycles. The van der Waals surface area contributed by atoms with Crippen molar-refractivity contribution in [1.82, 2.24) is 0 Å². The minimum absolute atomic E-state index is 0.00974. The Hall–Kier alpha value is -2.04. The summed E-state index contributed by atoms with van der Waals surface area (Å²) < 4.78 is 0. The molecule has 0 radical (unpaired) electrons. The molecule has 1 aromatic rings. The Morgan fingerprint density at radius 1 is 0.792 bits per heavy atom. The van der Waals surface area contributed by atoms with Gasteiger partial charge in [-0.05, 0) is 24.6 Å². The molecule has 5 nitrogen and oxygen atoms in total.